The Balaban J connectivity index is 1.80. The van der Waals surface area contributed by atoms with E-state index in [9.17, 15) is 34.8 Å². The van der Waals surface area contributed by atoms with Crippen LogP contribution in [0.2, 0.25) is 0 Å². The van der Waals surface area contributed by atoms with Crippen LogP contribution in [-0.4, -0.2) is 122 Å². The topological polar surface area (TPSA) is 181 Å². The van der Waals surface area contributed by atoms with Gasteiger partial charge in [0.25, 0.3) is 0 Å². The van der Waals surface area contributed by atoms with Gasteiger partial charge >= 0.3 is 0 Å². The molecule has 2 aliphatic rings. The molecule has 0 radical (unpaired) electrons. The van der Waals surface area contributed by atoms with Crippen LogP contribution >= 0.6 is 0 Å². The van der Waals surface area contributed by atoms with E-state index in [4.69, 9.17) is 9.47 Å². The van der Waals surface area contributed by atoms with E-state index in [0.717, 1.165) is 57.3 Å². The number of nitrogens with zero attached hydrogens (tertiary/aromatic N) is 1. The molecular weight excluding hydrogens is 685 g/mol. The third-order valence-electron chi connectivity index (χ3n) is 11.1. The lowest BCUT2D eigenvalue weighted by atomic mass is 9.92. The van der Waals surface area contributed by atoms with Gasteiger partial charge in [-0.1, -0.05) is 135 Å². The molecule has 52 heavy (non-hydrogen) atoms. The largest absolute Gasteiger partial charge is 0.394 e. The molecule has 0 bridgehead atoms. The molecule has 9 atom stereocenters. The molecule has 6 unspecified atom stereocenters. The van der Waals surface area contributed by atoms with Gasteiger partial charge in [-0.05, 0) is 44.7 Å². The van der Waals surface area contributed by atoms with Gasteiger partial charge in [0, 0.05) is 21.7 Å². The van der Waals surface area contributed by atoms with Crippen molar-refractivity contribution in [1.29, 1.82) is 0 Å². The molecule has 0 aromatic carbocycles. The van der Waals surface area contributed by atoms with E-state index in [1.165, 1.54) is 109 Å². The van der Waals surface area contributed by atoms with Crippen molar-refractivity contribution in [2.75, 3.05) is 38.3 Å². The number of hydrogen-bond donors (Lipinski definition) is 7. The molecule has 2 aliphatic heterocycles. The summed E-state index contributed by atoms with van der Waals surface area (Å²) in [4.78, 5) is 0. The second-order valence-electron chi connectivity index (χ2n) is 15.9. The zero-order valence-corrected chi connectivity index (χ0v) is 33.8. The van der Waals surface area contributed by atoms with Crippen LogP contribution in [0.15, 0.2) is 4.36 Å². The van der Waals surface area contributed by atoms with Crippen molar-refractivity contribution >= 4 is 9.73 Å². The standard InChI is InChI=1S/C40H80N2O9S/c1-3-4-5-6-7-8-9-10-11-15-18-21-24-34(44)36(45)33(31-50-40-39(48)38(47)37(46)35(30-43)51-40)42-52(2,49)29-22-19-16-13-12-14-17-20-23-32-25-27-41-28-26-32/h32-41,43-48H,3-31H2,1-2H3/t33-,34+,35?,36-,37?,38?,39?,40?,52?/m0/s1. The lowest BCUT2D eigenvalue weighted by molar-refractivity contribution is -0.302. The highest BCUT2D eigenvalue weighted by Crippen LogP contribution is 2.24. The number of rotatable bonds is 31. The van der Waals surface area contributed by atoms with Crippen molar-refractivity contribution in [3.05, 3.63) is 0 Å². The number of piperidine rings is 1. The van der Waals surface area contributed by atoms with Crippen molar-refractivity contribution < 1.29 is 44.3 Å². The lowest BCUT2D eigenvalue weighted by Crippen LogP contribution is -2.59. The predicted octanol–water partition coefficient (Wildman–Crippen LogP) is 5.59. The lowest BCUT2D eigenvalue weighted by Gasteiger charge is -2.40. The zero-order chi connectivity index (χ0) is 38.0. The molecule has 11 nitrogen and oxygen atoms in total. The fourth-order valence-electron chi connectivity index (χ4n) is 7.58. The third-order valence-corrected chi connectivity index (χ3v) is 12.9. The molecule has 310 valence electrons. The highest BCUT2D eigenvalue weighted by Gasteiger charge is 2.44. The van der Waals surface area contributed by atoms with Crippen LogP contribution in [0, 0.1) is 5.92 Å². The number of hydrogen-bond acceptors (Lipinski definition) is 11. The minimum Gasteiger partial charge on any atom is -0.394 e. The first kappa shape index (κ1) is 47.7. The quantitative estimate of drug-likeness (QED) is 0.0440. The van der Waals surface area contributed by atoms with Gasteiger partial charge in [-0.3, -0.25) is 4.21 Å². The van der Waals surface area contributed by atoms with Crippen LogP contribution in [0.3, 0.4) is 0 Å². The van der Waals surface area contributed by atoms with Gasteiger partial charge in [-0.25, -0.2) is 4.36 Å². The molecule has 2 saturated heterocycles. The summed E-state index contributed by atoms with van der Waals surface area (Å²) < 4.78 is 29.4. The van der Waals surface area contributed by atoms with Crippen molar-refractivity contribution in [1.82, 2.24) is 5.32 Å². The summed E-state index contributed by atoms with van der Waals surface area (Å²) in [6, 6.07) is -1.07. The van der Waals surface area contributed by atoms with E-state index in [-0.39, 0.29) is 6.61 Å². The van der Waals surface area contributed by atoms with E-state index in [0.29, 0.717) is 12.2 Å². The molecule has 0 saturated carbocycles. The molecule has 2 rings (SSSR count). The summed E-state index contributed by atoms with van der Waals surface area (Å²) in [6.07, 6.45) is 19.5. The van der Waals surface area contributed by atoms with Gasteiger partial charge in [-0.15, -0.1) is 0 Å². The van der Waals surface area contributed by atoms with E-state index in [1.54, 1.807) is 6.26 Å². The summed E-state index contributed by atoms with van der Waals surface area (Å²) in [6.45, 7) is 3.64. The maximum absolute atomic E-state index is 13.6. The SMILES string of the molecule is CCCCCCCCCCCCCC[C@@H](O)[C@@H](O)[C@H](COC1OC(CO)C(O)C(O)C1O)N=S(C)(=O)CCCCCCCCCCC1CCNCC1. The Bertz CT molecular complexity index is 977. The van der Waals surface area contributed by atoms with Crippen molar-refractivity contribution in [3.63, 3.8) is 0 Å². The first-order valence-electron chi connectivity index (χ1n) is 21.3. The zero-order valence-electron chi connectivity index (χ0n) is 33.0. The van der Waals surface area contributed by atoms with Crippen LogP contribution in [0.5, 0.6) is 0 Å². The maximum Gasteiger partial charge on any atom is 0.186 e. The molecule has 0 aromatic rings. The number of aliphatic hydroxyl groups excluding tert-OH is 6. The fraction of sp³-hybridized carbons (Fsp3) is 1.00. The van der Waals surface area contributed by atoms with Gasteiger partial charge in [-0.2, -0.15) is 0 Å². The summed E-state index contributed by atoms with van der Waals surface area (Å²) in [5.74, 6) is 1.26. The molecule has 0 aliphatic carbocycles. The molecule has 0 amide bonds. The highest BCUT2D eigenvalue weighted by atomic mass is 32.2. The van der Waals surface area contributed by atoms with Crippen LogP contribution in [0.1, 0.15) is 161 Å². The Morgan fingerprint density at radius 2 is 1.27 bits per heavy atom. The normalized spacial score (nSPS) is 25.8. The molecular formula is C40H80N2O9S. The fourth-order valence-corrected chi connectivity index (χ4v) is 9.19. The Hall–Kier alpha value is -0.410. The number of nitrogens with one attached hydrogen (secondary N) is 1. The van der Waals surface area contributed by atoms with E-state index in [1.807, 2.05) is 0 Å². The number of aliphatic hydroxyl groups is 6. The number of unbranched alkanes of at least 4 members (excludes halogenated alkanes) is 18. The van der Waals surface area contributed by atoms with Gasteiger partial charge in [0.05, 0.1) is 19.3 Å². The maximum atomic E-state index is 13.6. The van der Waals surface area contributed by atoms with E-state index < -0.39 is 65.3 Å². The molecule has 2 heterocycles. The van der Waals surface area contributed by atoms with Gasteiger partial charge in [0.2, 0.25) is 0 Å². The second-order valence-corrected chi connectivity index (χ2v) is 18.5. The Labute approximate surface area is 317 Å². The van der Waals surface area contributed by atoms with Crippen LogP contribution in [-0.2, 0) is 19.2 Å². The van der Waals surface area contributed by atoms with Crippen LogP contribution < -0.4 is 5.32 Å². The molecule has 2 fully saturated rings. The Morgan fingerprint density at radius 1 is 0.750 bits per heavy atom. The average Bonchev–Trinajstić information content (AvgIpc) is 3.14. The van der Waals surface area contributed by atoms with Crippen molar-refractivity contribution in [2.45, 2.75) is 210 Å². The minimum atomic E-state index is -2.74. The predicted molar refractivity (Wildman–Crippen MR) is 210 cm³/mol. The summed E-state index contributed by atoms with van der Waals surface area (Å²) in [5.41, 5.74) is 0. The van der Waals surface area contributed by atoms with Crippen LogP contribution in [0.25, 0.3) is 0 Å². The Kier molecular flexibility index (Phi) is 26.5. The molecule has 0 aromatic heterocycles. The van der Waals surface area contributed by atoms with E-state index >= 15 is 0 Å². The third kappa shape index (κ3) is 20.5. The second kappa shape index (κ2) is 28.9. The molecule has 7 N–H and O–H groups in total. The summed E-state index contributed by atoms with van der Waals surface area (Å²) in [5, 5.41) is 65.9. The van der Waals surface area contributed by atoms with Crippen LogP contribution in [0.4, 0.5) is 0 Å². The minimum absolute atomic E-state index is 0.332. The monoisotopic (exact) mass is 765 g/mol. The first-order chi connectivity index (χ1) is 25.1. The smallest absolute Gasteiger partial charge is 0.186 e. The van der Waals surface area contributed by atoms with Gasteiger partial charge in [0.15, 0.2) is 6.29 Å². The molecule has 0 spiro atoms. The van der Waals surface area contributed by atoms with Gasteiger partial charge < -0.3 is 45.4 Å². The molecule has 12 heteroatoms. The van der Waals surface area contributed by atoms with E-state index in [2.05, 4.69) is 16.6 Å². The first-order valence-corrected chi connectivity index (χ1v) is 23.4. The van der Waals surface area contributed by atoms with Crippen molar-refractivity contribution in [3.8, 4) is 0 Å². The van der Waals surface area contributed by atoms with Crippen molar-refractivity contribution in [2.24, 2.45) is 10.3 Å². The Morgan fingerprint density at radius 3 is 1.83 bits per heavy atom. The average molecular weight is 765 g/mol. The summed E-state index contributed by atoms with van der Waals surface area (Å²) >= 11 is 0. The highest BCUT2D eigenvalue weighted by molar-refractivity contribution is 7.92. The summed E-state index contributed by atoms with van der Waals surface area (Å²) in [7, 11) is -2.74. The van der Waals surface area contributed by atoms with Gasteiger partial charge in [0.1, 0.15) is 36.6 Å². The number of ether oxygens (including phenoxy) is 2.